The average Bonchev–Trinajstić information content (AvgIpc) is 2.42. The number of hydrogen-bond acceptors (Lipinski definition) is 3. The van der Waals surface area contributed by atoms with E-state index in [0.717, 1.165) is 11.3 Å². The van der Waals surface area contributed by atoms with E-state index in [1.54, 1.807) is 0 Å². The molecule has 0 saturated heterocycles. The molecule has 1 aromatic carbocycles. The number of hydrogen-bond donors (Lipinski definition) is 0. The zero-order chi connectivity index (χ0) is 17.8. The smallest absolute Gasteiger partial charge is 0.347 e. The Morgan fingerprint density at radius 2 is 1.65 bits per heavy atom. The molecule has 0 aliphatic carbocycles. The largest absolute Gasteiger partial charge is 0.478 e. The first-order valence-corrected chi connectivity index (χ1v) is 8.49. The Morgan fingerprint density at radius 1 is 1.04 bits per heavy atom. The van der Waals surface area contributed by atoms with Crippen LogP contribution in [-0.2, 0) is 20.4 Å². The highest BCUT2D eigenvalue weighted by molar-refractivity contribution is 5.75. The van der Waals surface area contributed by atoms with Crippen molar-refractivity contribution in [2.24, 2.45) is 0 Å². The van der Waals surface area contributed by atoms with Crippen LogP contribution in [0, 0.1) is 0 Å². The summed E-state index contributed by atoms with van der Waals surface area (Å²) in [6.45, 7) is 17.2. The first-order chi connectivity index (χ1) is 10.5. The van der Waals surface area contributed by atoms with Gasteiger partial charge in [0.05, 0.1) is 6.61 Å². The lowest BCUT2D eigenvalue weighted by Crippen LogP contribution is -2.30. The molecule has 1 unspecified atom stereocenters. The third kappa shape index (κ3) is 5.26. The predicted octanol–water partition coefficient (Wildman–Crippen LogP) is 5.00. The van der Waals surface area contributed by atoms with Gasteiger partial charge in [-0.1, -0.05) is 60.6 Å². The van der Waals surface area contributed by atoms with Gasteiger partial charge in [-0.05, 0) is 41.4 Å². The Balaban J connectivity index is 3.22. The summed E-state index contributed by atoms with van der Waals surface area (Å²) in [7, 11) is 0. The van der Waals surface area contributed by atoms with Crippen molar-refractivity contribution in [2.45, 2.75) is 78.7 Å². The molecule has 0 aliphatic heterocycles. The summed E-state index contributed by atoms with van der Waals surface area (Å²) < 4.78 is 11.1. The standard InChI is InChI=1S/C20H32O3/c1-9-16(18(21)22-10-2)23-17-12-11-14(19(3,4)5)13-15(17)20(6,7)8/h11-13,16H,9-10H2,1-8H3. The SMILES string of the molecule is CCOC(=O)C(CC)Oc1ccc(C(C)(C)C)cc1C(C)(C)C. The molecule has 3 heteroatoms. The Morgan fingerprint density at radius 3 is 2.09 bits per heavy atom. The molecule has 0 aliphatic rings. The van der Waals surface area contributed by atoms with E-state index in [1.807, 2.05) is 19.9 Å². The van der Waals surface area contributed by atoms with E-state index in [0.29, 0.717) is 13.0 Å². The molecule has 23 heavy (non-hydrogen) atoms. The maximum Gasteiger partial charge on any atom is 0.347 e. The van der Waals surface area contributed by atoms with E-state index >= 15 is 0 Å². The molecule has 0 fully saturated rings. The second-order valence-corrected chi connectivity index (χ2v) is 7.98. The second-order valence-electron chi connectivity index (χ2n) is 7.98. The van der Waals surface area contributed by atoms with Gasteiger partial charge in [0.15, 0.2) is 6.10 Å². The summed E-state index contributed by atoms with van der Waals surface area (Å²) >= 11 is 0. The van der Waals surface area contributed by atoms with E-state index in [2.05, 4.69) is 53.7 Å². The van der Waals surface area contributed by atoms with Crippen molar-refractivity contribution >= 4 is 5.97 Å². The Kier molecular flexibility index (Phi) is 6.26. The second kappa shape index (κ2) is 7.37. The van der Waals surface area contributed by atoms with Gasteiger partial charge in [0.25, 0.3) is 0 Å². The van der Waals surface area contributed by atoms with Crippen LogP contribution in [-0.4, -0.2) is 18.7 Å². The fraction of sp³-hybridized carbons (Fsp3) is 0.650. The van der Waals surface area contributed by atoms with Crippen LogP contribution in [0.25, 0.3) is 0 Å². The minimum absolute atomic E-state index is 0.0659. The van der Waals surface area contributed by atoms with Crippen molar-refractivity contribution < 1.29 is 14.3 Å². The quantitative estimate of drug-likeness (QED) is 0.716. The van der Waals surface area contributed by atoms with Crippen LogP contribution in [0.15, 0.2) is 18.2 Å². The van der Waals surface area contributed by atoms with E-state index in [9.17, 15) is 4.79 Å². The van der Waals surface area contributed by atoms with Crippen molar-refractivity contribution in [3.8, 4) is 5.75 Å². The molecule has 0 saturated carbocycles. The number of ether oxygens (including phenoxy) is 2. The molecule has 0 radical (unpaired) electrons. The van der Waals surface area contributed by atoms with Crippen LogP contribution >= 0.6 is 0 Å². The Bertz CT molecular complexity index is 533. The lowest BCUT2D eigenvalue weighted by atomic mass is 9.80. The first kappa shape index (κ1) is 19.5. The summed E-state index contributed by atoms with van der Waals surface area (Å²) in [5, 5.41) is 0. The minimum atomic E-state index is -0.559. The molecule has 3 nitrogen and oxygen atoms in total. The number of esters is 1. The van der Waals surface area contributed by atoms with E-state index < -0.39 is 6.10 Å². The van der Waals surface area contributed by atoms with Gasteiger partial charge >= 0.3 is 5.97 Å². The summed E-state index contributed by atoms with van der Waals surface area (Å²) in [5.41, 5.74) is 2.39. The molecule has 0 bridgehead atoms. The Labute approximate surface area is 141 Å². The number of benzene rings is 1. The monoisotopic (exact) mass is 320 g/mol. The van der Waals surface area contributed by atoms with Crippen molar-refractivity contribution in [3.05, 3.63) is 29.3 Å². The molecule has 1 aromatic rings. The highest BCUT2D eigenvalue weighted by Crippen LogP contribution is 2.36. The number of rotatable bonds is 5. The third-order valence-electron chi connectivity index (χ3n) is 3.84. The topological polar surface area (TPSA) is 35.5 Å². The van der Waals surface area contributed by atoms with Gasteiger partial charge in [-0.3, -0.25) is 0 Å². The normalized spacial score (nSPS) is 13.6. The molecule has 0 spiro atoms. The van der Waals surface area contributed by atoms with Crippen LogP contribution in [0.5, 0.6) is 5.75 Å². The summed E-state index contributed by atoms with van der Waals surface area (Å²) in [6.07, 6.45) is 0.0280. The number of carbonyl (C=O) groups is 1. The van der Waals surface area contributed by atoms with Gasteiger partial charge in [-0.2, -0.15) is 0 Å². The van der Waals surface area contributed by atoms with Crippen LogP contribution in [0.1, 0.15) is 72.9 Å². The van der Waals surface area contributed by atoms with E-state index in [-0.39, 0.29) is 16.8 Å². The van der Waals surface area contributed by atoms with Crippen molar-refractivity contribution in [2.75, 3.05) is 6.61 Å². The zero-order valence-electron chi connectivity index (χ0n) is 15.9. The molecule has 0 heterocycles. The molecule has 0 amide bonds. The molecule has 1 atom stereocenters. The van der Waals surface area contributed by atoms with Gasteiger partial charge in [0.2, 0.25) is 0 Å². The molecular weight excluding hydrogens is 288 g/mol. The first-order valence-electron chi connectivity index (χ1n) is 8.49. The van der Waals surface area contributed by atoms with Gasteiger partial charge in [0, 0.05) is 0 Å². The molecular formula is C20H32O3. The van der Waals surface area contributed by atoms with Gasteiger partial charge in [-0.15, -0.1) is 0 Å². The summed E-state index contributed by atoms with van der Waals surface area (Å²) in [5.74, 6) is 0.472. The van der Waals surface area contributed by atoms with Crippen molar-refractivity contribution in [1.82, 2.24) is 0 Å². The van der Waals surface area contributed by atoms with Gasteiger partial charge < -0.3 is 9.47 Å². The molecule has 130 valence electrons. The molecule has 0 N–H and O–H groups in total. The highest BCUT2D eigenvalue weighted by Gasteiger charge is 2.26. The maximum absolute atomic E-state index is 12.0. The highest BCUT2D eigenvalue weighted by atomic mass is 16.6. The third-order valence-corrected chi connectivity index (χ3v) is 3.84. The van der Waals surface area contributed by atoms with Crippen molar-refractivity contribution in [3.63, 3.8) is 0 Å². The summed E-state index contributed by atoms with van der Waals surface area (Å²) in [6, 6.07) is 6.28. The Hall–Kier alpha value is -1.51. The maximum atomic E-state index is 12.0. The lowest BCUT2D eigenvalue weighted by Gasteiger charge is -2.28. The van der Waals surface area contributed by atoms with E-state index in [1.165, 1.54) is 5.56 Å². The van der Waals surface area contributed by atoms with E-state index in [4.69, 9.17) is 9.47 Å². The molecule has 1 rings (SSSR count). The van der Waals surface area contributed by atoms with Crippen LogP contribution < -0.4 is 4.74 Å². The fourth-order valence-corrected chi connectivity index (χ4v) is 2.37. The van der Waals surface area contributed by atoms with Gasteiger partial charge in [-0.25, -0.2) is 4.79 Å². The molecule has 0 aromatic heterocycles. The van der Waals surface area contributed by atoms with Crippen LogP contribution in [0.3, 0.4) is 0 Å². The fourth-order valence-electron chi connectivity index (χ4n) is 2.37. The van der Waals surface area contributed by atoms with Crippen LogP contribution in [0.4, 0.5) is 0 Å². The van der Waals surface area contributed by atoms with Crippen LogP contribution in [0.2, 0.25) is 0 Å². The summed E-state index contributed by atoms with van der Waals surface area (Å²) in [4.78, 5) is 12.0. The van der Waals surface area contributed by atoms with Gasteiger partial charge in [0.1, 0.15) is 5.75 Å². The average molecular weight is 320 g/mol. The zero-order valence-corrected chi connectivity index (χ0v) is 15.9. The lowest BCUT2D eigenvalue weighted by molar-refractivity contribution is -0.151. The van der Waals surface area contributed by atoms with Crippen molar-refractivity contribution in [1.29, 1.82) is 0 Å². The predicted molar refractivity (Wildman–Crippen MR) is 95.2 cm³/mol. The minimum Gasteiger partial charge on any atom is -0.478 e. The number of carbonyl (C=O) groups excluding carboxylic acids is 1.